The average molecular weight is 424 g/mol. The molecule has 4 rings (SSSR count). The van der Waals surface area contributed by atoms with Gasteiger partial charge >= 0.3 is 0 Å². The van der Waals surface area contributed by atoms with Gasteiger partial charge in [-0.25, -0.2) is 0 Å². The highest BCUT2D eigenvalue weighted by Crippen LogP contribution is 2.42. The minimum atomic E-state index is -0.0298. The van der Waals surface area contributed by atoms with Crippen LogP contribution < -0.4 is 0 Å². The van der Waals surface area contributed by atoms with Crippen molar-refractivity contribution < 1.29 is 4.74 Å². The highest BCUT2D eigenvalue weighted by Gasteiger charge is 2.43. The Morgan fingerprint density at radius 1 is 1.23 bits per heavy atom. The van der Waals surface area contributed by atoms with Crippen molar-refractivity contribution in [1.29, 1.82) is 0 Å². The van der Waals surface area contributed by atoms with Crippen LogP contribution in [0.4, 0.5) is 0 Å². The first-order chi connectivity index (χ1) is 14.4. The SMILES string of the molecule is CCOC[C@]1(CCc2cc3ccncc3s2)CCN(C(C)(C)c2ccc(C)nc2)C1. The minimum absolute atomic E-state index is 0.0298. The van der Waals surface area contributed by atoms with Crippen LogP contribution in [0.5, 0.6) is 0 Å². The molecule has 0 aromatic carbocycles. The van der Waals surface area contributed by atoms with Crippen molar-refractivity contribution in [3.63, 3.8) is 0 Å². The summed E-state index contributed by atoms with van der Waals surface area (Å²) in [6.45, 7) is 12.6. The topological polar surface area (TPSA) is 38.2 Å². The molecule has 0 unspecified atom stereocenters. The Balaban J connectivity index is 1.50. The predicted molar refractivity (Wildman–Crippen MR) is 125 cm³/mol. The maximum absolute atomic E-state index is 6.00. The summed E-state index contributed by atoms with van der Waals surface area (Å²) < 4.78 is 7.29. The second kappa shape index (κ2) is 8.74. The van der Waals surface area contributed by atoms with Crippen LogP contribution in [0, 0.1) is 12.3 Å². The lowest BCUT2D eigenvalue weighted by Crippen LogP contribution is -2.42. The third-order valence-corrected chi connectivity index (χ3v) is 7.88. The molecular formula is C25H33N3OS. The Labute approximate surface area is 184 Å². The quantitative estimate of drug-likeness (QED) is 0.473. The molecule has 1 fully saturated rings. The van der Waals surface area contributed by atoms with Gasteiger partial charge in [-0.05, 0) is 82.7 Å². The van der Waals surface area contributed by atoms with Gasteiger partial charge in [0.25, 0.3) is 0 Å². The Hall–Kier alpha value is -1.82. The second-order valence-corrected chi connectivity index (χ2v) is 10.4. The highest BCUT2D eigenvalue weighted by molar-refractivity contribution is 7.19. The zero-order valence-electron chi connectivity index (χ0n) is 18.6. The van der Waals surface area contributed by atoms with Crippen LogP contribution in [-0.4, -0.2) is 41.2 Å². The van der Waals surface area contributed by atoms with Gasteiger partial charge in [-0.3, -0.25) is 14.9 Å². The van der Waals surface area contributed by atoms with E-state index in [9.17, 15) is 0 Å². The smallest absolute Gasteiger partial charge is 0.0535 e. The van der Waals surface area contributed by atoms with E-state index in [1.807, 2.05) is 36.9 Å². The molecule has 5 heteroatoms. The van der Waals surface area contributed by atoms with Crippen LogP contribution in [0.1, 0.15) is 49.7 Å². The Morgan fingerprint density at radius 3 is 2.83 bits per heavy atom. The van der Waals surface area contributed by atoms with Crippen LogP contribution >= 0.6 is 11.3 Å². The lowest BCUT2D eigenvalue weighted by Gasteiger charge is -2.38. The number of ether oxygens (including phenoxy) is 1. The average Bonchev–Trinajstić information content (AvgIpc) is 3.36. The van der Waals surface area contributed by atoms with Crippen LogP contribution in [0.15, 0.2) is 42.9 Å². The van der Waals surface area contributed by atoms with Crippen LogP contribution in [0.3, 0.4) is 0 Å². The number of thiophene rings is 1. The van der Waals surface area contributed by atoms with Crippen molar-refractivity contribution >= 4 is 21.4 Å². The molecule has 0 spiro atoms. The maximum Gasteiger partial charge on any atom is 0.0535 e. The fourth-order valence-electron chi connectivity index (χ4n) is 4.59. The lowest BCUT2D eigenvalue weighted by atomic mass is 9.82. The molecule has 1 atom stereocenters. The normalized spacial score (nSPS) is 20.3. The van der Waals surface area contributed by atoms with E-state index in [-0.39, 0.29) is 11.0 Å². The molecular weight excluding hydrogens is 390 g/mol. The number of likely N-dealkylation sites (tertiary alicyclic amines) is 1. The maximum atomic E-state index is 6.00. The summed E-state index contributed by atoms with van der Waals surface area (Å²) in [7, 11) is 0. The highest BCUT2D eigenvalue weighted by atomic mass is 32.1. The predicted octanol–water partition coefficient (Wildman–Crippen LogP) is 5.60. The fourth-order valence-corrected chi connectivity index (χ4v) is 5.62. The van der Waals surface area contributed by atoms with E-state index >= 15 is 0 Å². The third kappa shape index (κ3) is 4.43. The molecule has 3 aromatic rings. The van der Waals surface area contributed by atoms with Crippen LogP contribution in [-0.2, 0) is 16.7 Å². The second-order valence-electron chi connectivity index (χ2n) is 9.18. The van der Waals surface area contributed by atoms with Gasteiger partial charge < -0.3 is 4.74 Å². The molecule has 1 aliphatic rings. The molecule has 4 nitrogen and oxygen atoms in total. The number of fused-ring (bicyclic) bond motifs is 1. The fraction of sp³-hybridized carbons (Fsp3) is 0.520. The molecule has 0 aliphatic carbocycles. The number of aryl methyl sites for hydroxylation is 2. The standard InChI is InChI=1S/C25H33N3OS/c1-5-29-18-25(10-8-22-14-20-9-12-26-16-23(20)30-22)11-13-28(17-25)24(3,4)21-7-6-19(2)27-15-21/h6-7,9,12,14-16H,5,8,10-11,13,17-18H2,1-4H3/t25-/m1/s1. The van der Waals surface area contributed by atoms with Gasteiger partial charge in [-0.1, -0.05) is 6.07 Å². The van der Waals surface area contributed by atoms with Gasteiger partial charge in [0, 0.05) is 53.3 Å². The van der Waals surface area contributed by atoms with Crippen LogP contribution in [0.2, 0.25) is 0 Å². The first kappa shape index (κ1) is 21.4. The van der Waals surface area contributed by atoms with Gasteiger partial charge in [0.15, 0.2) is 0 Å². The molecule has 0 radical (unpaired) electrons. The van der Waals surface area contributed by atoms with E-state index < -0.39 is 0 Å². The number of hydrogen-bond donors (Lipinski definition) is 0. The summed E-state index contributed by atoms with van der Waals surface area (Å²) in [5.41, 5.74) is 2.54. The number of nitrogens with zero attached hydrogens (tertiary/aromatic N) is 3. The summed E-state index contributed by atoms with van der Waals surface area (Å²) in [6.07, 6.45) is 9.35. The van der Waals surface area contributed by atoms with Gasteiger partial charge in [0.2, 0.25) is 0 Å². The first-order valence-corrected chi connectivity index (χ1v) is 11.8. The number of hydrogen-bond acceptors (Lipinski definition) is 5. The number of rotatable bonds is 8. The van der Waals surface area contributed by atoms with Crippen molar-refractivity contribution in [2.75, 3.05) is 26.3 Å². The molecule has 3 aromatic heterocycles. The van der Waals surface area contributed by atoms with E-state index in [1.54, 1.807) is 0 Å². The summed E-state index contributed by atoms with van der Waals surface area (Å²) in [6, 6.07) is 8.80. The van der Waals surface area contributed by atoms with Crippen molar-refractivity contribution in [1.82, 2.24) is 14.9 Å². The Morgan fingerprint density at radius 2 is 2.10 bits per heavy atom. The third-order valence-electron chi connectivity index (χ3n) is 6.73. The van der Waals surface area contributed by atoms with Gasteiger partial charge in [-0.15, -0.1) is 11.3 Å². The van der Waals surface area contributed by atoms with Crippen molar-refractivity contribution in [2.24, 2.45) is 5.41 Å². The molecule has 0 amide bonds. The van der Waals surface area contributed by atoms with Gasteiger partial charge in [-0.2, -0.15) is 0 Å². The molecule has 1 saturated heterocycles. The summed E-state index contributed by atoms with van der Waals surface area (Å²) in [4.78, 5) is 12.9. The van der Waals surface area contributed by atoms with E-state index in [1.165, 1.54) is 26.9 Å². The van der Waals surface area contributed by atoms with E-state index in [0.717, 1.165) is 44.8 Å². The van der Waals surface area contributed by atoms with Gasteiger partial charge in [0.05, 0.1) is 11.3 Å². The largest absolute Gasteiger partial charge is 0.381 e. The lowest BCUT2D eigenvalue weighted by molar-refractivity contribution is 0.0386. The van der Waals surface area contributed by atoms with E-state index in [4.69, 9.17) is 4.74 Å². The minimum Gasteiger partial charge on any atom is -0.381 e. The monoisotopic (exact) mass is 423 g/mol. The Kier molecular flexibility index (Phi) is 6.24. The van der Waals surface area contributed by atoms with Crippen molar-refractivity contribution in [3.8, 4) is 0 Å². The van der Waals surface area contributed by atoms with Crippen LogP contribution in [0.25, 0.3) is 10.1 Å². The zero-order valence-corrected chi connectivity index (χ0v) is 19.5. The summed E-state index contributed by atoms with van der Waals surface area (Å²) in [5, 5.41) is 1.31. The zero-order chi connectivity index (χ0) is 21.2. The molecule has 160 valence electrons. The Bertz CT molecular complexity index is 948. The number of pyridine rings is 2. The number of aromatic nitrogens is 2. The summed E-state index contributed by atoms with van der Waals surface area (Å²) >= 11 is 1.88. The van der Waals surface area contributed by atoms with Gasteiger partial charge in [0.1, 0.15) is 0 Å². The molecule has 30 heavy (non-hydrogen) atoms. The van der Waals surface area contributed by atoms with Crippen molar-refractivity contribution in [3.05, 3.63) is 59.0 Å². The molecule has 0 bridgehead atoms. The van der Waals surface area contributed by atoms with Crippen molar-refractivity contribution in [2.45, 2.75) is 52.5 Å². The first-order valence-electron chi connectivity index (χ1n) is 11.0. The van der Waals surface area contributed by atoms with E-state index in [0.29, 0.717) is 0 Å². The molecule has 0 saturated carbocycles. The molecule has 4 heterocycles. The molecule has 1 aliphatic heterocycles. The van der Waals surface area contributed by atoms with E-state index in [2.05, 4.69) is 59.9 Å². The molecule has 0 N–H and O–H groups in total. The summed E-state index contributed by atoms with van der Waals surface area (Å²) in [5.74, 6) is 0.